The van der Waals surface area contributed by atoms with Gasteiger partial charge in [-0.3, -0.25) is 97.4 Å². The fraction of sp³-hybridized carbons (Fsp3) is 0.587. The van der Waals surface area contributed by atoms with Crippen LogP contribution in [0.15, 0.2) is 151 Å². The van der Waals surface area contributed by atoms with E-state index in [-0.39, 0.29) is 68.2 Å². The maximum absolute atomic E-state index is 13.5. The third-order valence-electron chi connectivity index (χ3n) is 32.3. The number of nitrogens with zero attached hydrogens (tertiary/aromatic N) is 15. The summed E-state index contributed by atoms with van der Waals surface area (Å²) in [4.78, 5) is 171. The highest BCUT2D eigenvalue weighted by Gasteiger charge is 2.62. The number of likely N-dealkylation sites (tertiary alicyclic amines) is 5. The Bertz CT molecular complexity index is 5590. The number of carbonyl (C=O) groups excluding carboxylic acids is 10. The molecular formula is C109H136BrN15O10S. The number of aliphatic imine (C=N–C) groups is 5. The van der Waals surface area contributed by atoms with Gasteiger partial charge in [0, 0.05) is 172 Å². The van der Waals surface area contributed by atoms with Crippen LogP contribution in [0.3, 0.4) is 0 Å². The lowest BCUT2D eigenvalue weighted by atomic mass is 9.94. The fourth-order valence-electron chi connectivity index (χ4n) is 22.4. The highest BCUT2D eigenvalue weighted by atomic mass is 79.9. The molecule has 5 saturated heterocycles. The van der Waals surface area contributed by atoms with E-state index >= 15 is 0 Å². The van der Waals surface area contributed by atoms with Crippen molar-refractivity contribution in [2.45, 2.75) is 249 Å². The summed E-state index contributed by atoms with van der Waals surface area (Å²) in [6.07, 6.45) is 28.6. The van der Waals surface area contributed by atoms with Gasteiger partial charge in [0.05, 0.1) is 0 Å². The fourth-order valence-corrected chi connectivity index (χ4v) is 22.6. The molecule has 136 heavy (non-hydrogen) atoms. The van der Waals surface area contributed by atoms with Crippen molar-refractivity contribution < 1.29 is 47.9 Å². The molecule has 25 nitrogen and oxygen atoms in total. The maximum atomic E-state index is 13.5. The second-order valence-corrected chi connectivity index (χ2v) is 44.3. The Hall–Kier alpha value is -10.0. The molecule has 0 unspecified atom stereocenters. The van der Waals surface area contributed by atoms with Crippen LogP contribution in [0.5, 0.6) is 0 Å². The predicted molar refractivity (Wildman–Crippen MR) is 533 cm³/mol. The summed E-state index contributed by atoms with van der Waals surface area (Å²) < 4.78 is 1.02. The summed E-state index contributed by atoms with van der Waals surface area (Å²) in [6.45, 7) is 19.9. The quantitative estimate of drug-likeness (QED) is 0.0711. The van der Waals surface area contributed by atoms with Crippen LogP contribution >= 0.6 is 29.4 Å². The number of piperidine rings is 2. The number of carbonyl (C=O) groups is 10. The molecule has 5 aromatic rings. The molecule has 5 aromatic carbocycles. The minimum absolute atomic E-state index is 0. The van der Waals surface area contributed by atoms with Crippen LogP contribution in [0.4, 0.5) is 0 Å². The van der Waals surface area contributed by atoms with Crippen LogP contribution in [0.2, 0.25) is 0 Å². The van der Waals surface area contributed by atoms with Crippen molar-refractivity contribution in [3.63, 3.8) is 0 Å². The molecule has 10 aliphatic heterocycles. The number of benzene rings is 5. The molecule has 0 aromatic heterocycles. The van der Waals surface area contributed by atoms with E-state index in [4.69, 9.17) is 25.0 Å². The van der Waals surface area contributed by atoms with Crippen molar-refractivity contribution in [1.82, 2.24) is 49.0 Å². The number of hydrogen-bond donors (Lipinski definition) is 0. The zero-order chi connectivity index (χ0) is 92.3. The highest BCUT2D eigenvalue weighted by molar-refractivity contribution is 9.10. The molecule has 10 heterocycles. The molecule has 10 amide bonds. The van der Waals surface area contributed by atoms with E-state index in [0.29, 0.717) is 90.6 Å². The van der Waals surface area contributed by atoms with Gasteiger partial charge in [-0.25, -0.2) is 0 Å². The van der Waals surface area contributed by atoms with Crippen molar-refractivity contribution in [3.05, 3.63) is 176 Å². The second kappa shape index (κ2) is 38.3. The minimum atomic E-state index is -0.520. The molecule has 10 saturated carbocycles. The summed E-state index contributed by atoms with van der Waals surface area (Å²) in [5, 5.41) is 0. The normalized spacial score (nSPS) is 24.5. The average molecular weight is 1930 g/mol. The zero-order valence-electron chi connectivity index (χ0n) is 79.1. The molecule has 0 N–H and O–H groups in total. The molecule has 15 fully saturated rings. The maximum Gasteiger partial charge on any atom is 0.256 e. The third kappa shape index (κ3) is 19.8. The standard InChI is InChI=1S/C24H31N3O2.2C22H27N3O2.C20H22BrN3O2.C20H23N3O2.CH4.H2S/c1-17-4-6-19(7-5-17)21-25-24(12-2-3-13-24)23(29)27(21)16-18-10-14-26(15-11-18)22(28)20-8-9-20;1-15-2-4-17(5-3-15)19-23-22(10-11-22)21(27)25(19)14-16-8-12-24(13-9-16)20(26)18-6-7-18;1-15-4-6-17(7-5-15)19-23-22(10-2-3-11-22)21(27)25(19)14-16-12-24(13-16)20(26)18-8-9-18;21-16-5-3-14(4-6-16)17-22-20(8-9-20)19(26)24(17)12-13-7-10-23(11-13)18(25)15-1-2-15;1-13-2-4-15(5-3-13)17-21-20(8-9-20)19(25)23(17)12-14-10-22(11-14)18(24)16-6-7-16;;/h4-7,18,20H,2-3,8-16H2,1H3;2-5,16,18H,6-14H2,1H3;4-7,16,18H,2-3,8-14H2,1H3;3-6,13,15H,1-2,7-12H2;2-5,14,16H,6-12H2,1H3;1H4;1H2/t;;;13-;;;/m...0.../s1. The summed E-state index contributed by atoms with van der Waals surface area (Å²) >= 11 is 3.47. The molecule has 27 heteroatoms. The van der Waals surface area contributed by atoms with Gasteiger partial charge in [-0.2, -0.15) is 13.5 Å². The van der Waals surface area contributed by atoms with Gasteiger partial charge in [0.2, 0.25) is 29.5 Å². The molecule has 0 bridgehead atoms. The smallest absolute Gasteiger partial charge is 0.256 e. The zero-order valence-corrected chi connectivity index (χ0v) is 81.7. The molecule has 0 radical (unpaired) electrons. The lowest BCUT2D eigenvalue weighted by Gasteiger charge is -2.41. The Kier molecular flexibility index (Phi) is 26.7. The first-order valence-corrected chi connectivity index (χ1v) is 51.6. The van der Waals surface area contributed by atoms with E-state index in [0.717, 1.165) is 326 Å². The molecule has 10 aliphatic carbocycles. The summed E-state index contributed by atoms with van der Waals surface area (Å²) in [6, 6.07) is 41.3. The van der Waals surface area contributed by atoms with E-state index < -0.39 is 27.7 Å². The average Bonchev–Trinajstić information content (AvgIpc) is 1.57. The molecule has 20 aliphatic rings. The Morgan fingerprint density at radius 1 is 0.272 bits per heavy atom. The van der Waals surface area contributed by atoms with E-state index in [1.54, 1.807) is 0 Å². The Balaban J connectivity index is 0.000000109. The van der Waals surface area contributed by atoms with Crippen LogP contribution in [0.25, 0.3) is 0 Å². The number of amidine groups is 5. The van der Waals surface area contributed by atoms with Gasteiger partial charge in [0.15, 0.2) is 0 Å². The van der Waals surface area contributed by atoms with E-state index in [1.807, 2.05) is 73.3 Å². The Morgan fingerprint density at radius 2 is 0.471 bits per heavy atom. The minimum Gasteiger partial charge on any atom is -0.342 e. The lowest BCUT2D eigenvalue weighted by Crippen LogP contribution is -2.56. The molecule has 5 spiro atoms. The van der Waals surface area contributed by atoms with Gasteiger partial charge in [-0.1, -0.05) is 180 Å². The van der Waals surface area contributed by atoms with Crippen LogP contribution in [-0.2, 0) is 47.9 Å². The van der Waals surface area contributed by atoms with Gasteiger partial charge in [-0.05, 0) is 218 Å². The molecular weight excluding hydrogens is 1790 g/mol. The summed E-state index contributed by atoms with van der Waals surface area (Å²) in [5.41, 5.74) is 7.54. The highest BCUT2D eigenvalue weighted by Crippen LogP contribution is 2.51. The van der Waals surface area contributed by atoms with E-state index in [2.05, 4.69) is 141 Å². The molecule has 720 valence electrons. The number of hydrogen-bond acceptors (Lipinski definition) is 15. The largest absolute Gasteiger partial charge is 0.342 e. The van der Waals surface area contributed by atoms with Crippen molar-refractivity contribution in [2.24, 2.45) is 84.1 Å². The SMILES string of the molecule is C.Cc1ccc(C2=NC3(CC3)C(=O)N2CC2CCN(C(=O)C3CC3)CC2)cc1.Cc1ccc(C2=NC3(CC3)C(=O)N2CC2CN(C(=O)C3CC3)C2)cc1.Cc1ccc(C2=NC3(CCCC3)C(=O)N2CC2CCN(C(=O)C3CC3)CC2)cc1.Cc1ccc(C2=NC3(CCCC3)C(=O)N2CC2CN(C(=O)C3CC3)C2)cc1.O=C(C1CC1)N1CC[C@H](CN2C(=O)C3(CC3)N=C2c2ccc(Br)cc2)C1.S. The van der Waals surface area contributed by atoms with Crippen molar-refractivity contribution >= 4 is 118 Å². The van der Waals surface area contributed by atoms with E-state index in [1.165, 1.54) is 22.3 Å². The van der Waals surface area contributed by atoms with Crippen LogP contribution < -0.4 is 0 Å². The van der Waals surface area contributed by atoms with Crippen molar-refractivity contribution in [2.75, 3.05) is 98.2 Å². The van der Waals surface area contributed by atoms with Crippen molar-refractivity contribution in [1.29, 1.82) is 0 Å². The van der Waals surface area contributed by atoms with Crippen LogP contribution in [-0.4, -0.2) is 263 Å². The van der Waals surface area contributed by atoms with Crippen LogP contribution in [0, 0.1) is 86.9 Å². The Morgan fingerprint density at radius 3 is 0.721 bits per heavy atom. The van der Waals surface area contributed by atoms with Gasteiger partial charge in [-0.15, -0.1) is 0 Å². The summed E-state index contributed by atoms with van der Waals surface area (Å²) in [7, 11) is 0. The van der Waals surface area contributed by atoms with Gasteiger partial charge >= 0.3 is 0 Å². The van der Waals surface area contributed by atoms with Gasteiger partial charge in [0.1, 0.15) is 56.9 Å². The lowest BCUT2D eigenvalue weighted by molar-refractivity contribution is -0.141. The van der Waals surface area contributed by atoms with E-state index in [9.17, 15) is 47.9 Å². The topological polar surface area (TPSA) is 265 Å². The predicted octanol–water partition coefficient (Wildman–Crippen LogP) is 14.6. The first kappa shape index (κ1) is 94.9. The number of halogens is 1. The molecule has 1 atom stereocenters. The van der Waals surface area contributed by atoms with Crippen LogP contribution in [0.1, 0.15) is 244 Å². The van der Waals surface area contributed by atoms with Crippen molar-refractivity contribution in [3.8, 4) is 0 Å². The summed E-state index contributed by atoms with van der Waals surface area (Å²) in [5.74, 6) is 10.2. The first-order chi connectivity index (χ1) is 64.8. The first-order valence-electron chi connectivity index (χ1n) is 50.9. The number of rotatable bonds is 20. The second-order valence-electron chi connectivity index (χ2n) is 43.4. The number of aryl methyl sites for hydroxylation is 4. The van der Waals surface area contributed by atoms with Gasteiger partial charge < -0.3 is 24.5 Å². The third-order valence-corrected chi connectivity index (χ3v) is 32.8. The van der Waals surface area contributed by atoms with Gasteiger partial charge in [0.25, 0.3) is 29.5 Å². The number of amides is 10. The monoisotopic (exact) mass is 1930 g/mol. The molecule has 25 rings (SSSR count). The Labute approximate surface area is 816 Å².